The van der Waals surface area contributed by atoms with E-state index in [0.717, 1.165) is 0 Å². The highest BCUT2D eigenvalue weighted by molar-refractivity contribution is 7.93. The number of halogens is 1. The van der Waals surface area contributed by atoms with Gasteiger partial charge in [-0.25, -0.2) is 23.0 Å². The fourth-order valence-electron chi connectivity index (χ4n) is 3.51. The van der Waals surface area contributed by atoms with E-state index in [9.17, 15) is 8.42 Å². The van der Waals surface area contributed by atoms with Gasteiger partial charge in [0.05, 0.1) is 44.7 Å². The lowest BCUT2D eigenvalue weighted by Gasteiger charge is -2.21. The van der Waals surface area contributed by atoms with E-state index in [0.29, 0.717) is 17.3 Å². The molecule has 0 fully saturated rings. The van der Waals surface area contributed by atoms with E-state index in [2.05, 4.69) is 39.8 Å². The summed E-state index contributed by atoms with van der Waals surface area (Å²) in [6, 6.07) is 5.02. The Kier molecular flexibility index (Phi) is 7.87. The minimum Gasteiger partial charge on any atom is -0.481 e. The van der Waals surface area contributed by atoms with Crippen molar-refractivity contribution in [3.8, 4) is 34.8 Å². The predicted octanol–water partition coefficient (Wildman–Crippen LogP) is 2.52. The van der Waals surface area contributed by atoms with E-state index < -0.39 is 21.2 Å². The average Bonchev–Trinajstić information content (AvgIpc) is 3.34. The van der Waals surface area contributed by atoms with Crippen molar-refractivity contribution < 1.29 is 22.6 Å². The van der Waals surface area contributed by atoms with E-state index in [4.69, 9.17) is 25.8 Å². The zero-order valence-electron chi connectivity index (χ0n) is 21.0. The van der Waals surface area contributed by atoms with Crippen LogP contribution in [0.1, 0.15) is 25.5 Å². The maximum absolute atomic E-state index is 13.5. The Labute approximate surface area is 223 Å². The summed E-state index contributed by atoms with van der Waals surface area (Å²) in [6.07, 6.45) is 4.04. The summed E-state index contributed by atoms with van der Waals surface area (Å²) in [5.74, 6) is -0.0843. The van der Waals surface area contributed by atoms with Crippen LogP contribution in [0.4, 0.5) is 5.95 Å². The molecule has 0 aliphatic heterocycles. The summed E-state index contributed by atoms with van der Waals surface area (Å²) >= 11 is 5.82. The Morgan fingerprint density at radius 2 is 1.66 bits per heavy atom. The zero-order chi connectivity index (χ0) is 27.4. The molecule has 0 aliphatic rings. The van der Waals surface area contributed by atoms with Gasteiger partial charge in [0.2, 0.25) is 33.6 Å². The van der Waals surface area contributed by atoms with E-state index in [-0.39, 0.29) is 34.4 Å². The summed E-state index contributed by atoms with van der Waals surface area (Å²) < 4.78 is 47.0. The van der Waals surface area contributed by atoms with Crippen LogP contribution in [0.3, 0.4) is 0 Å². The molecule has 0 radical (unpaired) electrons. The highest BCUT2D eigenvalue weighted by atomic mass is 35.5. The number of sulfonamides is 1. The normalized spacial score (nSPS) is 13.0. The van der Waals surface area contributed by atoms with Gasteiger partial charge in [-0.1, -0.05) is 24.6 Å². The zero-order valence-corrected chi connectivity index (χ0v) is 22.6. The molecular formula is C22H24ClN9O5S. The number of hydrogen-bond donors (Lipinski definition) is 1. The molecule has 0 aliphatic carbocycles. The molecule has 14 nitrogen and oxygen atoms in total. The second-order valence-electron chi connectivity index (χ2n) is 7.89. The molecule has 4 rings (SSSR count). The van der Waals surface area contributed by atoms with Gasteiger partial charge in [-0.2, -0.15) is 9.97 Å². The molecule has 38 heavy (non-hydrogen) atoms. The highest BCUT2D eigenvalue weighted by Gasteiger charge is 2.32. The molecule has 0 unspecified atom stereocenters. The van der Waals surface area contributed by atoms with Gasteiger partial charge in [0.25, 0.3) is 0 Å². The molecule has 2 atom stereocenters. The van der Waals surface area contributed by atoms with Crippen molar-refractivity contribution in [2.24, 2.45) is 0 Å². The number of pyridine rings is 1. The standard InChI is InChI=1S/C22H24ClN9O5S/c1-12(15-9-25-16(23)10-24-15)13(2)38(33,34)31-22-30-29-19(14-7-6-8-17(28-14)35-3)32(22)18-20(36-4)26-11-27-21(18)37-5/h6-13H,1-5H3,(H,30,31)/t12-,13-/m0/s1. The van der Waals surface area contributed by atoms with Crippen molar-refractivity contribution in [2.75, 3.05) is 26.1 Å². The molecule has 1 N–H and O–H groups in total. The Hall–Kier alpha value is -4.11. The van der Waals surface area contributed by atoms with Gasteiger partial charge >= 0.3 is 0 Å². The summed E-state index contributed by atoms with van der Waals surface area (Å²) in [5.41, 5.74) is 0.937. The molecule has 0 saturated carbocycles. The Bertz CT molecular complexity index is 1510. The van der Waals surface area contributed by atoms with E-state index in [1.54, 1.807) is 32.0 Å². The number of aromatic nitrogens is 8. The van der Waals surface area contributed by atoms with Crippen LogP contribution in [-0.2, 0) is 10.0 Å². The first-order valence-corrected chi connectivity index (χ1v) is 13.0. The number of anilines is 1. The number of methoxy groups -OCH3 is 3. The maximum atomic E-state index is 13.5. The van der Waals surface area contributed by atoms with Gasteiger partial charge in [0.1, 0.15) is 17.2 Å². The lowest BCUT2D eigenvalue weighted by atomic mass is 10.1. The van der Waals surface area contributed by atoms with Crippen LogP contribution in [-0.4, -0.2) is 74.7 Å². The molecule has 4 aromatic heterocycles. The number of hydrogen-bond acceptors (Lipinski definition) is 12. The van der Waals surface area contributed by atoms with Crippen molar-refractivity contribution in [3.05, 3.63) is 47.8 Å². The Morgan fingerprint density at radius 1 is 0.947 bits per heavy atom. The van der Waals surface area contributed by atoms with Crippen molar-refractivity contribution >= 4 is 27.6 Å². The monoisotopic (exact) mass is 561 g/mol. The first kappa shape index (κ1) is 26.9. The predicted molar refractivity (Wildman–Crippen MR) is 137 cm³/mol. The van der Waals surface area contributed by atoms with E-state index in [1.165, 1.54) is 44.6 Å². The van der Waals surface area contributed by atoms with Crippen molar-refractivity contribution in [3.63, 3.8) is 0 Å². The summed E-state index contributed by atoms with van der Waals surface area (Å²) in [7, 11) is 0.215. The molecule has 16 heteroatoms. The fraction of sp³-hybridized carbons (Fsp3) is 0.318. The lowest BCUT2D eigenvalue weighted by Crippen LogP contribution is -2.31. The quantitative estimate of drug-likeness (QED) is 0.300. The van der Waals surface area contributed by atoms with Crippen LogP contribution in [0.5, 0.6) is 17.6 Å². The summed E-state index contributed by atoms with van der Waals surface area (Å²) in [6.45, 7) is 3.26. The lowest BCUT2D eigenvalue weighted by molar-refractivity contribution is 0.368. The Morgan fingerprint density at radius 3 is 2.26 bits per heavy atom. The van der Waals surface area contributed by atoms with Crippen LogP contribution < -0.4 is 18.9 Å². The molecule has 4 heterocycles. The van der Waals surface area contributed by atoms with Crippen molar-refractivity contribution in [1.82, 2.24) is 39.7 Å². The molecule has 0 saturated heterocycles. The fourth-order valence-corrected chi connectivity index (χ4v) is 4.85. The van der Waals surface area contributed by atoms with Gasteiger partial charge < -0.3 is 14.2 Å². The highest BCUT2D eigenvalue weighted by Crippen LogP contribution is 2.35. The van der Waals surface area contributed by atoms with Gasteiger partial charge in [0, 0.05) is 12.0 Å². The summed E-state index contributed by atoms with van der Waals surface area (Å²) in [5, 5.41) is 7.57. The van der Waals surface area contributed by atoms with Gasteiger partial charge in [-0.05, 0) is 13.0 Å². The number of rotatable bonds is 10. The van der Waals surface area contributed by atoms with E-state index in [1.807, 2.05) is 0 Å². The van der Waals surface area contributed by atoms with Crippen LogP contribution in [0.2, 0.25) is 5.15 Å². The van der Waals surface area contributed by atoms with Crippen molar-refractivity contribution in [1.29, 1.82) is 0 Å². The van der Waals surface area contributed by atoms with Crippen LogP contribution in [0.15, 0.2) is 36.9 Å². The van der Waals surface area contributed by atoms with Crippen molar-refractivity contribution in [2.45, 2.75) is 25.0 Å². The molecular weight excluding hydrogens is 538 g/mol. The van der Waals surface area contributed by atoms with Gasteiger partial charge in [-0.3, -0.25) is 9.71 Å². The van der Waals surface area contributed by atoms with Gasteiger partial charge in [0.15, 0.2) is 11.5 Å². The third-order valence-corrected chi connectivity index (χ3v) is 7.77. The van der Waals surface area contributed by atoms with Crippen LogP contribution in [0, 0.1) is 0 Å². The average molecular weight is 562 g/mol. The molecule has 0 amide bonds. The number of ether oxygens (including phenoxy) is 3. The topological polar surface area (TPSA) is 169 Å². The SMILES string of the molecule is COc1cccc(-c2nnc(NS(=O)(=O)[C@@H](C)[C@H](C)c3cnc(Cl)cn3)n2-c2c(OC)ncnc2OC)n1. The van der Waals surface area contributed by atoms with Crippen LogP contribution in [0.25, 0.3) is 17.2 Å². The van der Waals surface area contributed by atoms with Gasteiger partial charge in [-0.15, -0.1) is 10.2 Å². The number of nitrogens with one attached hydrogen (secondary N) is 1. The third kappa shape index (κ3) is 5.28. The second kappa shape index (κ2) is 11.1. The maximum Gasteiger partial charge on any atom is 0.245 e. The summed E-state index contributed by atoms with van der Waals surface area (Å²) in [4.78, 5) is 20.9. The minimum atomic E-state index is -4.06. The number of nitrogens with zero attached hydrogens (tertiary/aromatic N) is 8. The third-order valence-electron chi connectivity index (χ3n) is 5.72. The molecule has 200 valence electrons. The first-order valence-electron chi connectivity index (χ1n) is 11.1. The molecule has 0 bridgehead atoms. The second-order valence-corrected chi connectivity index (χ2v) is 10.3. The first-order chi connectivity index (χ1) is 18.2. The molecule has 4 aromatic rings. The molecule has 0 aromatic carbocycles. The Balaban J connectivity index is 1.84. The largest absolute Gasteiger partial charge is 0.481 e. The molecule has 0 spiro atoms. The van der Waals surface area contributed by atoms with E-state index >= 15 is 0 Å². The minimum absolute atomic E-state index is 0.0825. The smallest absolute Gasteiger partial charge is 0.245 e. The van der Waals surface area contributed by atoms with Crippen LogP contribution >= 0.6 is 11.6 Å².